The first-order valence-corrected chi connectivity index (χ1v) is 7.34. The van der Waals surface area contributed by atoms with E-state index >= 15 is 0 Å². The van der Waals surface area contributed by atoms with Crippen molar-refractivity contribution in [3.8, 4) is 0 Å². The molecule has 0 spiro atoms. The summed E-state index contributed by atoms with van der Waals surface area (Å²) in [5.74, 6) is -0.457. The minimum Gasteiger partial charge on any atom is -0.481 e. The number of amides is 1. The molecule has 1 unspecified atom stereocenters. The Bertz CT molecular complexity index is 474. The first-order valence-electron chi connectivity index (χ1n) is 7.34. The Morgan fingerprint density at radius 3 is 2.71 bits per heavy atom. The van der Waals surface area contributed by atoms with Crippen LogP contribution in [0.1, 0.15) is 38.2 Å². The van der Waals surface area contributed by atoms with Gasteiger partial charge in [-0.25, -0.2) is 0 Å². The van der Waals surface area contributed by atoms with Gasteiger partial charge in [0.1, 0.15) is 0 Å². The predicted molar refractivity (Wildman–Crippen MR) is 82.8 cm³/mol. The summed E-state index contributed by atoms with van der Waals surface area (Å²) in [5, 5.41) is 11.6. The number of benzene rings is 1. The standard InChI is InChI=1S/C16H24N2O3/c1-2-12(6-7-16(20)21)8-9-18-15(19)11-13-4-3-5-14(17)10-13/h3-5,10,12H,2,6-9,11,17H2,1H3,(H,18,19)(H,20,21). The lowest BCUT2D eigenvalue weighted by Crippen LogP contribution is -2.27. The zero-order valence-corrected chi connectivity index (χ0v) is 12.5. The zero-order valence-electron chi connectivity index (χ0n) is 12.5. The van der Waals surface area contributed by atoms with E-state index in [-0.39, 0.29) is 12.3 Å². The Balaban J connectivity index is 2.27. The van der Waals surface area contributed by atoms with Crippen molar-refractivity contribution in [3.05, 3.63) is 29.8 Å². The van der Waals surface area contributed by atoms with Gasteiger partial charge in [0.15, 0.2) is 0 Å². The molecule has 5 nitrogen and oxygen atoms in total. The van der Waals surface area contributed by atoms with Crippen LogP contribution in [0.25, 0.3) is 0 Å². The highest BCUT2D eigenvalue weighted by molar-refractivity contribution is 5.78. The summed E-state index contributed by atoms with van der Waals surface area (Å²) < 4.78 is 0. The number of rotatable bonds is 9. The third kappa shape index (κ3) is 7.34. The highest BCUT2D eigenvalue weighted by atomic mass is 16.4. The minimum atomic E-state index is -0.765. The van der Waals surface area contributed by atoms with Gasteiger partial charge in [-0.05, 0) is 36.5 Å². The van der Waals surface area contributed by atoms with E-state index in [1.165, 1.54) is 0 Å². The molecular formula is C16H24N2O3. The summed E-state index contributed by atoms with van der Waals surface area (Å²) in [6, 6.07) is 7.28. The number of nitrogens with two attached hydrogens (primary N) is 1. The molecule has 1 aromatic rings. The van der Waals surface area contributed by atoms with E-state index in [0.29, 0.717) is 31.0 Å². The van der Waals surface area contributed by atoms with Gasteiger partial charge in [0.25, 0.3) is 0 Å². The number of nitrogens with one attached hydrogen (secondary N) is 1. The minimum absolute atomic E-state index is 0.0336. The number of carbonyl (C=O) groups is 2. The second-order valence-corrected chi connectivity index (χ2v) is 5.27. The van der Waals surface area contributed by atoms with E-state index in [1.807, 2.05) is 19.1 Å². The van der Waals surface area contributed by atoms with Gasteiger partial charge in [-0.1, -0.05) is 25.5 Å². The maximum Gasteiger partial charge on any atom is 0.303 e. The van der Waals surface area contributed by atoms with Crippen LogP contribution in [0.5, 0.6) is 0 Å². The van der Waals surface area contributed by atoms with E-state index in [0.717, 1.165) is 18.4 Å². The fourth-order valence-corrected chi connectivity index (χ4v) is 2.25. The first-order chi connectivity index (χ1) is 10.0. The molecule has 1 rings (SSSR count). The molecule has 0 radical (unpaired) electrons. The Hall–Kier alpha value is -2.04. The molecule has 0 aliphatic heterocycles. The van der Waals surface area contributed by atoms with Crippen LogP contribution in [0.3, 0.4) is 0 Å². The summed E-state index contributed by atoms with van der Waals surface area (Å²) in [6.45, 7) is 2.63. The average Bonchev–Trinajstić information content (AvgIpc) is 2.42. The van der Waals surface area contributed by atoms with Crippen molar-refractivity contribution in [3.63, 3.8) is 0 Å². The topological polar surface area (TPSA) is 92.4 Å². The highest BCUT2D eigenvalue weighted by Gasteiger charge is 2.10. The summed E-state index contributed by atoms with van der Waals surface area (Å²) in [6.07, 6.45) is 2.91. The van der Waals surface area contributed by atoms with Gasteiger partial charge in [-0.15, -0.1) is 0 Å². The molecule has 5 heteroatoms. The van der Waals surface area contributed by atoms with Crippen LogP contribution in [0.4, 0.5) is 5.69 Å². The molecule has 0 saturated heterocycles. The Morgan fingerprint density at radius 2 is 2.10 bits per heavy atom. The molecule has 0 aromatic heterocycles. The molecule has 1 atom stereocenters. The summed E-state index contributed by atoms with van der Waals surface area (Å²) in [7, 11) is 0. The number of hydrogen-bond donors (Lipinski definition) is 3. The van der Waals surface area contributed by atoms with E-state index in [4.69, 9.17) is 10.8 Å². The second kappa shape index (κ2) is 9.00. The number of aliphatic carboxylic acids is 1. The third-order valence-corrected chi connectivity index (χ3v) is 3.53. The summed E-state index contributed by atoms with van der Waals surface area (Å²) in [4.78, 5) is 22.4. The lowest BCUT2D eigenvalue weighted by molar-refractivity contribution is -0.137. The second-order valence-electron chi connectivity index (χ2n) is 5.27. The Kier molecular flexibility index (Phi) is 7.29. The normalized spacial score (nSPS) is 11.9. The molecule has 0 aliphatic carbocycles. The molecule has 0 fully saturated rings. The van der Waals surface area contributed by atoms with Crippen LogP contribution in [0.2, 0.25) is 0 Å². The van der Waals surface area contributed by atoms with E-state index in [2.05, 4.69) is 5.32 Å². The van der Waals surface area contributed by atoms with Crippen LogP contribution in [0, 0.1) is 5.92 Å². The molecule has 0 heterocycles. The predicted octanol–water partition coefficient (Wildman–Crippen LogP) is 2.21. The van der Waals surface area contributed by atoms with E-state index in [1.54, 1.807) is 12.1 Å². The summed E-state index contributed by atoms with van der Waals surface area (Å²) in [5.41, 5.74) is 7.22. The monoisotopic (exact) mass is 292 g/mol. The smallest absolute Gasteiger partial charge is 0.303 e. The van der Waals surface area contributed by atoms with Gasteiger partial charge >= 0.3 is 5.97 Å². The molecule has 1 aromatic carbocycles. The van der Waals surface area contributed by atoms with Gasteiger partial charge in [-0.2, -0.15) is 0 Å². The van der Waals surface area contributed by atoms with Crippen molar-refractivity contribution >= 4 is 17.6 Å². The molecule has 116 valence electrons. The quantitative estimate of drug-likeness (QED) is 0.608. The zero-order chi connectivity index (χ0) is 15.7. The number of carbonyl (C=O) groups excluding carboxylic acids is 1. The van der Waals surface area contributed by atoms with Crippen LogP contribution < -0.4 is 11.1 Å². The molecule has 0 bridgehead atoms. The van der Waals surface area contributed by atoms with Crippen molar-refractivity contribution in [1.82, 2.24) is 5.32 Å². The highest BCUT2D eigenvalue weighted by Crippen LogP contribution is 2.14. The van der Waals surface area contributed by atoms with Crippen LogP contribution in [0.15, 0.2) is 24.3 Å². The SMILES string of the molecule is CCC(CCNC(=O)Cc1cccc(N)c1)CCC(=O)O. The molecule has 0 aliphatic rings. The number of anilines is 1. The number of carboxylic acids is 1. The van der Waals surface area contributed by atoms with Crippen molar-refractivity contribution in [2.45, 2.75) is 39.0 Å². The molecule has 0 saturated carbocycles. The van der Waals surface area contributed by atoms with Crippen molar-refractivity contribution in [2.24, 2.45) is 5.92 Å². The fourth-order valence-electron chi connectivity index (χ4n) is 2.25. The first kappa shape index (κ1) is 17.0. The third-order valence-electron chi connectivity index (χ3n) is 3.53. The average molecular weight is 292 g/mol. The Morgan fingerprint density at radius 1 is 1.33 bits per heavy atom. The number of nitrogen functional groups attached to an aromatic ring is 1. The number of hydrogen-bond acceptors (Lipinski definition) is 3. The molecule has 21 heavy (non-hydrogen) atoms. The van der Waals surface area contributed by atoms with Gasteiger partial charge in [0.2, 0.25) is 5.91 Å². The maximum atomic E-state index is 11.8. The number of carboxylic acid groups (broad SMARTS) is 1. The van der Waals surface area contributed by atoms with Crippen LogP contribution in [-0.4, -0.2) is 23.5 Å². The summed E-state index contributed by atoms with van der Waals surface area (Å²) >= 11 is 0. The van der Waals surface area contributed by atoms with Gasteiger partial charge < -0.3 is 16.2 Å². The fraction of sp³-hybridized carbons (Fsp3) is 0.500. The Labute approximate surface area is 125 Å². The van der Waals surface area contributed by atoms with E-state index in [9.17, 15) is 9.59 Å². The van der Waals surface area contributed by atoms with Crippen LogP contribution >= 0.6 is 0 Å². The van der Waals surface area contributed by atoms with Crippen molar-refractivity contribution < 1.29 is 14.7 Å². The molecule has 4 N–H and O–H groups in total. The largest absolute Gasteiger partial charge is 0.481 e. The van der Waals surface area contributed by atoms with Crippen LogP contribution in [-0.2, 0) is 16.0 Å². The van der Waals surface area contributed by atoms with Gasteiger partial charge in [-0.3, -0.25) is 9.59 Å². The van der Waals surface area contributed by atoms with Gasteiger partial charge in [0.05, 0.1) is 6.42 Å². The van der Waals surface area contributed by atoms with Crippen molar-refractivity contribution in [2.75, 3.05) is 12.3 Å². The lowest BCUT2D eigenvalue weighted by Gasteiger charge is -2.14. The van der Waals surface area contributed by atoms with Crippen molar-refractivity contribution in [1.29, 1.82) is 0 Å². The van der Waals surface area contributed by atoms with Gasteiger partial charge in [0, 0.05) is 18.7 Å². The lowest BCUT2D eigenvalue weighted by atomic mass is 9.96. The van der Waals surface area contributed by atoms with E-state index < -0.39 is 5.97 Å². The molecular weight excluding hydrogens is 268 g/mol. The maximum absolute atomic E-state index is 11.8. The molecule has 1 amide bonds.